The topological polar surface area (TPSA) is 55.8 Å². The Balaban J connectivity index is 2.88. The van der Waals surface area contributed by atoms with E-state index >= 15 is 0 Å². The van der Waals surface area contributed by atoms with Gasteiger partial charge in [0.15, 0.2) is 0 Å². The van der Waals surface area contributed by atoms with Crippen LogP contribution in [0.15, 0.2) is 0 Å². The van der Waals surface area contributed by atoms with Gasteiger partial charge >= 0.3 is 5.97 Å². The smallest absolute Gasteiger partial charge is 0.302 e. The molecule has 0 radical (unpaired) electrons. The third-order valence-corrected chi connectivity index (χ3v) is 4.72. The number of carbonyl (C=O) groups is 1. The number of rotatable bonds is 4. The quantitative estimate of drug-likeness (QED) is 0.574. The van der Waals surface area contributed by atoms with Crippen LogP contribution in [0.25, 0.3) is 0 Å². The first-order valence-corrected chi connectivity index (χ1v) is 8.07. The Morgan fingerprint density at radius 3 is 2.72 bits per heavy atom. The fourth-order valence-corrected chi connectivity index (χ4v) is 3.44. The summed E-state index contributed by atoms with van der Waals surface area (Å²) in [5, 5.41) is 9.62. The SMILES string of the molecule is CCCC1CC(OC(C)=O)C(Cl)C(O)(C(Br)Br)O1. The zero-order valence-corrected chi connectivity index (χ0v) is 14.2. The van der Waals surface area contributed by atoms with Crippen LogP contribution in [-0.2, 0) is 14.3 Å². The second-order valence-corrected chi connectivity index (χ2v) is 7.90. The van der Waals surface area contributed by atoms with Crippen molar-refractivity contribution in [2.45, 2.75) is 60.2 Å². The number of ether oxygens (including phenoxy) is 2. The van der Waals surface area contributed by atoms with Crippen LogP contribution in [-0.4, -0.2) is 38.2 Å². The fraction of sp³-hybridized carbons (Fsp3) is 0.909. The Morgan fingerprint density at radius 1 is 1.67 bits per heavy atom. The van der Waals surface area contributed by atoms with E-state index in [1.165, 1.54) is 6.92 Å². The van der Waals surface area contributed by atoms with Gasteiger partial charge in [0, 0.05) is 13.3 Å². The number of aliphatic hydroxyl groups is 1. The predicted octanol–water partition coefficient (Wildman–Crippen LogP) is 2.92. The second kappa shape index (κ2) is 6.88. The van der Waals surface area contributed by atoms with Crippen molar-refractivity contribution in [3.63, 3.8) is 0 Å². The van der Waals surface area contributed by atoms with Gasteiger partial charge in [0.1, 0.15) is 15.2 Å². The van der Waals surface area contributed by atoms with E-state index in [9.17, 15) is 9.90 Å². The molecule has 1 aliphatic rings. The average Bonchev–Trinajstić information content (AvgIpc) is 2.24. The lowest BCUT2D eigenvalue weighted by Gasteiger charge is -2.45. The Morgan fingerprint density at radius 2 is 2.28 bits per heavy atom. The number of alkyl halides is 3. The molecule has 0 aromatic rings. The molecule has 1 saturated heterocycles. The zero-order chi connectivity index (χ0) is 13.9. The Kier molecular flexibility index (Phi) is 6.38. The molecule has 1 aliphatic heterocycles. The first kappa shape index (κ1) is 16.7. The molecule has 4 unspecified atom stereocenters. The van der Waals surface area contributed by atoms with Crippen molar-refractivity contribution in [3.8, 4) is 0 Å². The highest BCUT2D eigenvalue weighted by Gasteiger charge is 2.53. The minimum atomic E-state index is -1.61. The van der Waals surface area contributed by atoms with Crippen molar-refractivity contribution in [3.05, 3.63) is 0 Å². The van der Waals surface area contributed by atoms with Crippen LogP contribution < -0.4 is 0 Å². The normalized spacial score (nSPS) is 36.7. The summed E-state index contributed by atoms with van der Waals surface area (Å²) in [4.78, 5) is 11.1. The van der Waals surface area contributed by atoms with Crippen LogP contribution in [0.3, 0.4) is 0 Å². The molecular weight excluding hydrogens is 391 g/mol. The molecule has 0 aromatic heterocycles. The fourth-order valence-electron chi connectivity index (χ4n) is 2.02. The number of hydrogen-bond donors (Lipinski definition) is 1. The van der Waals surface area contributed by atoms with E-state index < -0.39 is 27.0 Å². The molecule has 0 bridgehead atoms. The van der Waals surface area contributed by atoms with Crippen LogP contribution in [0.5, 0.6) is 0 Å². The van der Waals surface area contributed by atoms with Gasteiger partial charge in [0.2, 0.25) is 5.79 Å². The monoisotopic (exact) mass is 406 g/mol. The van der Waals surface area contributed by atoms with E-state index in [1.54, 1.807) is 0 Å². The molecule has 0 aliphatic carbocycles. The minimum absolute atomic E-state index is 0.183. The van der Waals surface area contributed by atoms with Crippen molar-refractivity contribution in [1.29, 1.82) is 0 Å². The highest BCUT2D eigenvalue weighted by atomic mass is 79.9. The Bertz CT molecular complexity index is 303. The molecule has 18 heavy (non-hydrogen) atoms. The predicted molar refractivity (Wildman–Crippen MR) is 76.2 cm³/mol. The molecule has 1 rings (SSSR count). The maximum atomic E-state index is 11.1. The Labute approximate surface area is 129 Å². The van der Waals surface area contributed by atoms with Crippen LogP contribution in [0.4, 0.5) is 0 Å². The summed E-state index contributed by atoms with van der Waals surface area (Å²) in [6.45, 7) is 3.35. The van der Waals surface area contributed by atoms with E-state index in [1.807, 2.05) is 6.92 Å². The van der Waals surface area contributed by atoms with E-state index in [2.05, 4.69) is 31.9 Å². The van der Waals surface area contributed by atoms with Gasteiger partial charge in [0.05, 0.1) is 6.10 Å². The van der Waals surface area contributed by atoms with Crippen molar-refractivity contribution < 1.29 is 19.4 Å². The summed E-state index contributed by atoms with van der Waals surface area (Å²) < 4.78 is 10.3. The zero-order valence-electron chi connectivity index (χ0n) is 10.2. The van der Waals surface area contributed by atoms with Crippen molar-refractivity contribution in [1.82, 2.24) is 0 Å². The molecular formula is C11H17Br2ClO4. The number of carbonyl (C=O) groups excluding carboxylic acids is 1. The van der Waals surface area contributed by atoms with Gasteiger partial charge < -0.3 is 14.6 Å². The molecule has 1 N–H and O–H groups in total. The number of esters is 1. The second-order valence-electron chi connectivity index (χ2n) is 4.37. The number of halogens is 3. The summed E-state index contributed by atoms with van der Waals surface area (Å²) in [7, 11) is 0. The number of hydrogen-bond acceptors (Lipinski definition) is 4. The van der Waals surface area contributed by atoms with Crippen molar-refractivity contribution in [2.24, 2.45) is 0 Å². The highest BCUT2D eigenvalue weighted by molar-refractivity contribution is 9.24. The summed E-state index contributed by atoms with van der Waals surface area (Å²) in [6, 6.07) is 0. The van der Waals surface area contributed by atoms with E-state index in [-0.39, 0.29) is 6.10 Å². The van der Waals surface area contributed by atoms with Gasteiger partial charge in [-0.15, -0.1) is 11.6 Å². The summed E-state index contributed by atoms with van der Waals surface area (Å²) in [5.41, 5.74) is 0. The van der Waals surface area contributed by atoms with Gasteiger partial charge in [-0.1, -0.05) is 45.2 Å². The molecule has 0 saturated carbocycles. The lowest BCUT2D eigenvalue weighted by atomic mass is 9.96. The first-order chi connectivity index (χ1) is 8.31. The third kappa shape index (κ3) is 3.82. The van der Waals surface area contributed by atoms with Gasteiger partial charge in [-0.25, -0.2) is 0 Å². The van der Waals surface area contributed by atoms with Gasteiger partial charge in [-0.2, -0.15) is 0 Å². The first-order valence-electron chi connectivity index (χ1n) is 5.80. The molecule has 1 heterocycles. The maximum Gasteiger partial charge on any atom is 0.302 e. The van der Waals surface area contributed by atoms with Crippen LogP contribution >= 0.6 is 43.5 Å². The molecule has 0 amide bonds. The molecule has 106 valence electrons. The van der Waals surface area contributed by atoms with Crippen LogP contribution in [0.2, 0.25) is 0 Å². The maximum absolute atomic E-state index is 11.1. The van der Waals surface area contributed by atoms with E-state index in [0.717, 1.165) is 12.8 Å². The van der Waals surface area contributed by atoms with Crippen molar-refractivity contribution in [2.75, 3.05) is 0 Å². The lowest BCUT2D eigenvalue weighted by Crippen LogP contribution is -2.59. The molecule has 0 spiro atoms. The van der Waals surface area contributed by atoms with E-state index in [0.29, 0.717) is 6.42 Å². The van der Waals surface area contributed by atoms with Crippen molar-refractivity contribution >= 4 is 49.4 Å². The highest BCUT2D eigenvalue weighted by Crippen LogP contribution is 2.41. The largest absolute Gasteiger partial charge is 0.461 e. The van der Waals surface area contributed by atoms with Gasteiger partial charge in [-0.05, 0) is 6.42 Å². The molecule has 7 heteroatoms. The summed E-state index contributed by atoms with van der Waals surface area (Å²) in [6.07, 6.45) is 1.44. The molecule has 4 nitrogen and oxygen atoms in total. The van der Waals surface area contributed by atoms with Gasteiger partial charge in [-0.3, -0.25) is 4.79 Å². The Hall–Kier alpha value is 0.640. The van der Waals surface area contributed by atoms with Gasteiger partial charge in [0.25, 0.3) is 0 Å². The minimum Gasteiger partial charge on any atom is -0.461 e. The summed E-state index contributed by atoms with van der Waals surface area (Å²) >= 11 is 12.6. The van der Waals surface area contributed by atoms with Crippen LogP contribution in [0.1, 0.15) is 33.1 Å². The average molecular weight is 409 g/mol. The molecule has 4 atom stereocenters. The third-order valence-electron chi connectivity index (χ3n) is 2.81. The van der Waals surface area contributed by atoms with Crippen LogP contribution in [0, 0.1) is 0 Å². The van der Waals surface area contributed by atoms with E-state index in [4.69, 9.17) is 21.1 Å². The molecule has 0 aromatic carbocycles. The standard InChI is InChI=1S/C11H17Br2ClO4/c1-3-4-7-5-8(17-6(2)15)9(14)11(16,18-7)10(12)13/h7-10,16H,3-5H2,1-2H3. The molecule has 1 fully saturated rings. The summed E-state index contributed by atoms with van der Waals surface area (Å²) in [5.74, 6) is -2.02. The lowest BCUT2D eigenvalue weighted by molar-refractivity contribution is -0.260.